The van der Waals surface area contributed by atoms with Crippen molar-refractivity contribution in [2.45, 2.75) is 0 Å². The summed E-state index contributed by atoms with van der Waals surface area (Å²) in [5.74, 6) is 0.391. The van der Waals surface area contributed by atoms with E-state index < -0.39 is 0 Å². The van der Waals surface area contributed by atoms with Crippen molar-refractivity contribution >= 4 is 33.1 Å². The van der Waals surface area contributed by atoms with Crippen molar-refractivity contribution in [3.05, 3.63) is 40.6 Å². The maximum atomic E-state index is 13.6. The van der Waals surface area contributed by atoms with E-state index in [-0.39, 0.29) is 5.82 Å². The van der Waals surface area contributed by atoms with E-state index in [9.17, 15) is 4.39 Å². The minimum absolute atomic E-state index is 0.303. The van der Waals surface area contributed by atoms with Gasteiger partial charge in [0.2, 0.25) is 5.88 Å². The van der Waals surface area contributed by atoms with Gasteiger partial charge in [-0.3, -0.25) is 0 Å². The summed E-state index contributed by atoms with van der Waals surface area (Å²) in [5.41, 5.74) is 6.41. The first-order valence-electron chi connectivity index (χ1n) is 5.12. The lowest BCUT2D eigenvalue weighted by Gasteiger charge is -2.09. The van der Waals surface area contributed by atoms with Crippen LogP contribution in [0.3, 0.4) is 0 Å². The molecular weight excluding hydrogens is 301 g/mol. The molecule has 2 aromatic rings. The molecule has 0 unspecified atom stereocenters. The minimum atomic E-state index is -0.373. The molecule has 0 aliphatic rings. The largest absolute Gasteiger partial charge is 0.479 e. The molecule has 1 aromatic heterocycles. The number of aromatic nitrogens is 1. The fourth-order valence-corrected chi connectivity index (χ4v) is 1.75. The second-order valence-electron chi connectivity index (χ2n) is 3.54. The van der Waals surface area contributed by atoms with Crippen molar-refractivity contribution in [2.75, 3.05) is 18.2 Å². The number of nitrogen functional groups attached to an aromatic ring is 1. The Labute approximate surface area is 112 Å². The summed E-state index contributed by atoms with van der Waals surface area (Å²) in [6.45, 7) is 0. The topological polar surface area (TPSA) is 60.2 Å². The van der Waals surface area contributed by atoms with Gasteiger partial charge in [-0.05, 0) is 30.3 Å². The Hall–Kier alpha value is -1.82. The number of benzene rings is 1. The molecule has 1 heterocycles. The van der Waals surface area contributed by atoms with E-state index in [2.05, 4.69) is 26.2 Å². The number of nitrogens with two attached hydrogens (primary N) is 1. The first-order chi connectivity index (χ1) is 8.60. The number of nitrogens with zero attached hydrogens (tertiary/aromatic N) is 1. The Balaban J connectivity index is 2.28. The van der Waals surface area contributed by atoms with Gasteiger partial charge in [-0.15, -0.1) is 0 Å². The number of hydrogen-bond donors (Lipinski definition) is 2. The molecule has 4 nitrogen and oxygen atoms in total. The van der Waals surface area contributed by atoms with Gasteiger partial charge in [-0.25, -0.2) is 4.39 Å². The lowest BCUT2D eigenvalue weighted by molar-refractivity contribution is 0.401. The Morgan fingerprint density at radius 2 is 2.11 bits per heavy atom. The summed E-state index contributed by atoms with van der Waals surface area (Å²) in [5, 5.41) is 2.86. The molecule has 0 saturated carbocycles. The predicted octanol–water partition coefficient (Wildman–Crippen LogP) is 3.32. The Kier molecular flexibility index (Phi) is 3.66. The number of halogens is 2. The van der Waals surface area contributed by atoms with E-state index in [0.29, 0.717) is 27.5 Å². The van der Waals surface area contributed by atoms with Crippen molar-refractivity contribution in [2.24, 2.45) is 0 Å². The summed E-state index contributed by atoms with van der Waals surface area (Å²) < 4.78 is 19.3. The monoisotopic (exact) mass is 311 g/mol. The molecule has 0 fully saturated rings. The quantitative estimate of drug-likeness (QED) is 0.913. The molecule has 0 amide bonds. The molecule has 2 rings (SSSR count). The van der Waals surface area contributed by atoms with Crippen LogP contribution in [0.25, 0.3) is 0 Å². The molecule has 0 bridgehead atoms. The highest BCUT2D eigenvalue weighted by Gasteiger charge is 2.06. The van der Waals surface area contributed by atoms with Gasteiger partial charge >= 0.3 is 0 Å². The number of ether oxygens (including phenoxy) is 1. The molecular formula is C12H11BrFN3O. The molecule has 0 atom stereocenters. The van der Waals surface area contributed by atoms with Gasteiger partial charge in [0, 0.05) is 4.47 Å². The Bertz CT molecular complexity index is 577. The van der Waals surface area contributed by atoms with E-state index in [1.54, 1.807) is 24.3 Å². The minimum Gasteiger partial charge on any atom is -0.479 e. The zero-order valence-electron chi connectivity index (χ0n) is 9.58. The van der Waals surface area contributed by atoms with Crippen LogP contribution in [-0.4, -0.2) is 12.1 Å². The summed E-state index contributed by atoms with van der Waals surface area (Å²) >= 11 is 3.19. The first-order valence-corrected chi connectivity index (χ1v) is 5.92. The third-order valence-electron chi connectivity index (χ3n) is 2.28. The van der Waals surface area contributed by atoms with Crippen LogP contribution in [0, 0.1) is 5.82 Å². The highest BCUT2D eigenvalue weighted by molar-refractivity contribution is 9.10. The molecule has 6 heteroatoms. The molecule has 1 aromatic carbocycles. The number of pyridine rings is 1. The number of anilines is 3. The molecule has 18 heavy (non-hydrogen) atoms. The van der Waals surface area contributed by atoms with Crippen LogP contribution in [0.1, 0.15) is 0 Å². The van der Waals surface area contributed by atoms with Crippen molar-refractivity contribution < 1.29 is 9.13 Å². The maximum absolute atomic E-state index is 13.6. The van der Waals surface area contributed by atoms with E-state index in [0.717, 1.165) is 0 Å². The van der Waals surface area contributed by atoms with Crippen LogP contribution in [0.5, 0.6) is 5.88 Å². The number of rotatable bonds is 3. The van der Waals surface area contributed by atoms with Gasteiger partial charge < -0.3 is 15.8 Å². The van der Waals surface area contributed by atoms with Crippen molar-refractivity contribution in [1.82, 2.24) is 4.98 Å². The summed E-state index contributed by atoms with van der Waals surface area (Å²) in [7, 11) is 1.47. The van der Waals surface area contributed by atoms with Crippen LogP contribution in [0.4, 0.5) is 21.6 Å². The van der Waals surface area contributed by atoms with Gasteiger partial charge in [-0.1, -0.05) is 15.9 Å². The van der Waals surface area contributed by atoms with Gasteiger partial charge in [0.05, 0.1) is 18.5 Å². The Morgan fingerprint density at radius 3 is 2.78 bits per heavy atom. The van der Waals surface area contributed by atoms with Crippen LogP contribution in [0.2, 0.25) is 0 Å². The highest BCUT2D eigenvalue weighted by Crippen LogP contribution is 2.25. The smallest absolute Gasteiger partial charge is 0.238 e. The van der Waals surface area contributed by atoms with Crippen LogP contribution < -0.4 is 15.8 Å². The number of hydrogen-bond acceptors (Lipinski definition) is 4. The normalized spacial score (nSPS) is 10.2. The number of methoxy groups -OCH3 is 1. The van der Waals surface area contributed by atoms with Crippen LogP contribution in [0.15, 0.2) is 34.8 Å². The zero-order valence-corrected chi connectivity index (χ0v) is 11.2. The predicted molar refractivity (Wildman–Crippen MR) is 72.6 cm³/mol. The fourth-order valence-electron chi connectivity index (χ4n) is 1.41. The first kappa shape index (κ1) is 12.6. The second-order valence-corrected chi connectivity index (χ2v) is 4.46. The highest BCUT2D eigenvalue weighted by atomic mass is 79.9. The lowest BCUT2D eigenvalue weighted by atomic mass is 10.3. The van der Waals surface area contributed by atoms with Gasteiger partial charge in [0.1, 0.15) is 11.6 Å². The molecule has 0 saturated heterocycles. The van der Waals surface area contributed by atoms with Gasteiger partial charge in [0.15, 0.2) is 0 Å². The molecule has 0 spiro atoms. The molecule has 0 radical (unpaired) electrons. The van der Waals surface area contributed by atoms with Crippen molar-refractivity contribution in [3.8, 4) is 5.88 Å². The standard InChI is InChI=1S/C12H11BrFN3O/c1-18-12-9(15)3-5-11(17-12)16-10-4-2-7(13)6-8(10)14/h2-6H,15H2,1H3,(H,16,17). The molecule has 3 N–H and O–H groups in total. The molecule has 94 valence electrons. The summed E-state index contributed by atoms with van der Waals surface area (Å²) in [6.07, 6.45) is 0. The SMILES string of the molecule is COc1nc(Nc2ccc(Br)cc2F)ccc1N. The molecule has 0 aliphatic heterocycles. The summed E-state index contributed by atoms with van der Waals surface area (Å²) in [4.78, 5) is 4.11. The van der Waals surface area contributed by atoms with Crippen LogP contribution >= 0.6 is 15.9 Å². The van der Waals surface area contributed by atoms with Gasteiger partial charge in [0.25, 0.3) is 0 Å². The average molecular weight is 312 g/mol. The lowest BCUT2D eigenvalue weighted by Crippen LogP contribution is -2.00. The van der Waals surface area contributed by atoms with Crippen molar-refractivity contribution in [1.29, 1.82) is 0 Å². The van der Waals surface area contributed by atoms with Crippen LogP contribution in [-0.2, 0) is 0 Å². The fraction of sp³-hybridized carbons (Fsp3) is 0.0833. The van der Waals surface area contributed by atoms with E-state index in [1.165, 1.54) is 13.2 Å². The maximum Gasteiger partial charge on any atom is 0.238 e. The van der Waals surface area contributed by atoms with E-state index in [4.69, 9.17) is 10.5 Å². The molecule has 0 aliphatic carbocycles. The zero-order chi connectivity index (χ0) is 13.1. The average Bonchev–Trinajstić information content (AvgIpc) is 2.35. The third kappa shape index (κ3) is 2.70. The second kappa shape index (κ2) is 5.22. The van der Waals surface area contributed by atoms with E-state index in [1.807, 2.05) is 0 Å². The Morgan fingerprint density at radius 1 is 1.33 bits per heavy atom. The van der Waals surface area contributed by atoms with Crippen molar-refractivity contribution in [3.63, 3.8) is 0 Å². The number of nitrogens with one attached hydrogen (secondary N) is 1. The van der Waals surface area contributed by atoms with Gasteiger partial charge in [-0.2, -0.15) is 4.98 Å². The third-order valence-corrected chi connectivity index (χ3v) is 2.77. The summed E-state index contributed by atoms with van der Waals surface area (Å²) in [6, 6.07) is 8.02. The van der Waals surface area contributed by atoms with E-state index >= 15 is 0 Å².